The molecule has 1 aliphatic carbocycles. The van der Waals surface area contributed by atoms with Gasteiger partial charge >= 0.3 is 0 Å². The van der Waals surface area contributed by atoms with E-state index in [1.165, 1.54) is 11.1 Å². The van der Waals surface area contributed by atoms with Crippen LogP contribution in [0.3, 0.4) is 0 Å². The van der Waals surface area contributed by atoms with Crippen molar-refractivity contribution in [1.29, 1.82) is 5.26 Å². The number of benzene rings is 2. The molecule has 100 valence electrons. The van der Waals surface area contributed by atoms with Crippen LogP contribution in [0.4, 0.5) is 4.39 Å². The molecule has 3 rings (SSSR count). The third kappa shape index (κ3) is 2.32. The van der Waals surface area contributed by atoms with E-state index >= 15 is 0 Å². The molecule has 1 nitrogen and oxygen atoms in total. The fourth-order valence-corrected chi connectivity index (χ4v) is 2.99. The maximum Gasteiger partial charge on any atom is 0.141 e. The predicted molar refractivity (Wildman–Crippen MR) is 77.1 cm³/mol. The van der Waals surface area contributed by atoms with Crippen molar-refractivity contribution in [2.75, 3.05) is 0 Å². The molecule has 0 saturated heterocycles. The Morgan fingerprint density at radius 2 is 1.90 bits per heavy atom. The van der Waals surface area contributed by atoms with Gasteiger partial charge in [-0.05, 0) is 60.9 Å². The first-order chi connectivity index (χ1) is 9.67. The highest BCUT2D eigenvalue weighted by Gasteiger charge is 2.21. The Balaban J connectivity index is 1.90. The first kappa shape index (κ1) is 12.9. The highest BCUT2D eigenvalue weighted by atomic mass is 19.1. The molecule has 2 aromatic rings. The summed E-state index contributed by atoms with van der Waals surface area (Å²) < 4.78 is 13.7. The zero-order valence-corrected chi connectivity index (χ0v) is 11.5. The van der Waals surface area contributed by atoms with Gasteiger partial charge in [-0.1, -0.05) is 29.8 Å². The van der Waals surface area contributed by atoms with E-state index in [9.17, 15) is 4.39 Å². The van der Waals surface area contributed by atoms with Crippen molar-refractivity contribution in [2.24, 2.45) is 0 Å². The Labute approximate surface area is 118 Å². The molecular formula is C18H16FN. The quantitative estimate of drug-likeness (QED) is 0.755. The number of aryl methyl sites for hydroxylation is 2. The van der Waals surface area contributed by atoms with Crippen molar-refractivity contribution in [3.8, 4) is 6.07 Å². The van der Waals surface area contributed by atoms with Crippen LogP contribution < -0.4 is 0 Å². The van der Waals surface area contributed by atoms with Gasteiger partial charge in [-0.3, -0.25) is 0 Å². The fraction of sp³-hybridized carbons (Fsp3) is 0.278. The lowest BCUT2D eigenvalue weighted by Crippen LogP contribution is -2.13. The van der Waals surface area contributed by atoms with E-state index < -0.39 is 5.82 Å². The summed E-state index contributed by atoms with van der Waals surface area (Å²) in [5, 5.41) is 8.89. The second kappa shape index (κ2) is 5.09. The van der Waals surface area contributed by atoms with Crippen LogP contribution >= 0.6 is 0 Å². The van der Waals surface area contributed by atoms with E-state index in [1.807, 2.05) is 6.07 Å². The van der Waals surface area contributed by atoms with E-state index in [2.05, 4.69) is 31.2 Å². The van der Waals surface area contributed by atoms with Crippen LogP contribution in [0, 0.1) is 24.1 Å². The van der Waals surface area contributed by atoms with Crippen molar-refractivity contribution in [1.82, 2.24) is 0 Å². The summed E-state index contributed by atoms with van der Waals surface area (Å²) >= 11 is 0. The maximum absolute atomic E-state index is 13.7. The molecule has 0 N–H and O–H groups in total. The number of hydrogen-bond acceptors (Lipinski definition) is 1. The zero-order valence-electron chi connectivity index (χ0n) is 11.5. The highest BCUT2D eigenvalue weighted by molar-refractivity contribution is 5.42. The van der Waals surface area contributed by atoms with E-state index in [1.54, 1.807) is 12.1 Å². The minimum Gasteiger partial charge on any atom is -0.206 e. The highest BCUT2D eigenvalue weighted by Crippen LogP contribution is 2.33. The Morgan fingerprint density at radius 3 is 2.60 bits per heavy atom. The van der Waals surface area contributed by atoms with Gasteiger partial charge in [0.2, 0.25) is 0 Å². The minimum atomic E-state index is -0.393. The lowest BCUT2D eigenvalue weighted by molar-refractivity contribution is 0.570. The van der Waals surface area contributed by atoms with Crippen LogP contribution in [0.5, 0.6) is 0 Å². The van der Waals surface area contributed by atoms with Crippen LogP contribution in [-0.4, -0.2) is 0 Å². The van der Waals surface area contributed by atoms with Crippen molar-refractivity contribution in [3.63, 3.8) is 0 Å². The number of fused-ring (bicyclic) bond motifs is 1. The van der Waals surface area contributed by atoms with Crippen LogP contribution in [-0.2, 0) is 12.8 Å². The van der Waals surface area contributed by atoms with Gasteiger partial charge in [-0.25, -0.2) is 4.39 Å². The smallest absolute Gasteiger partial charge is 0.141 e. The first-order valence-corrected chi connectivity index (χ1v) is 6.95. The molecule has 1 atom stereocenters. The lowest BCUT2D eigenvalue weighted by Gasteiger charge is -2.25. The van der Waals surface area contributed by atoms with Crippen LogP contribution in [0.1, 0.15) is 40.2 Å². The molecule has 0 spiro atoms. The summed E-state index contributed by atoms with van der Waals surface area (Å²) in [6, 6.07) is 13.8. The standard InChI is InChI=1S/C18H16FN/c1-12-2-4-13(5-3-12)14-6-7-15-9-17(11-20)18(19)10-16(15)8-14/h2-5,9-10,14H,6-8H2,1H3. The molecule has 2 aromatic carbocycles. The second-order valence-electron chi connectivity index (χ2n) is 5.56. The normalized spacial score (nSPS) is 17.4. The monoisotopic (exact) mass is 265 g/mol. The summed E-state index contributed by atoms with van der Waals surface area (Å²) in [5.41, 5.74) is 4.93. The van der Waals surface area contributed by atoms with Crippen molar-refractivity contribution < 1.29 is 4.39 Å². The largest absolute Gasteiger partial charge is 0.206 e. The molecule has 0 radical (unpaired) electrons. The van der Waals surface area contributed by atoms with E-state index in [0.717, 1.165) is 30.4 Å². The predicted octanol–water partition coefficient (Wildman–Crippen LogP) is 4.28. The number of hydrogen-bond donors (Lipinski definition) is 0. The average Bonchev–Trinajstić information content (AvgIpc) is 2.46. The Kier molecular flexibility index (Phi) is 3.28. The van der Waals surface area contributed by atoms with Gasteiger partial charge in [0, 0.05) is 0 Å². The third-order valence-electron chi connectivity index (χ3n) is 4.19. The maximum atomic E-state index is 13.7. The van der Waals surface area contributed by atoms with Crippen molar-refractivity contribution >= 4 is 0 Å². The molecule has 0 aromatic heterocycles. The average molecular weight is 265 g/mol. The second-order valence-corrected chi connectivity index (χ2v) is 5.56. The number of nitrogens with zero attached hydrogens (tertiary/aromatic N) is 1. The number of nitriles is 1. The molecule has 0 fully saturated rings. The summed E-state index contributed by atoms with van der Waals surface area (Å²) in [6.45, 7) is 2.08. The molecular weight excluding hydrogens is 249 g/mol. The molecule has 0 saturated carbocycles. The fourth-order valence-electron chi connectivity index (χ4n) is 2.99. The van der Waals surface area contributed by atoms with Crippen LogP contribution in [0.15, 0.2) is 36.4 Å². The van der Waals surface area contributed by atoms with Gasteiger partial charge in [0.05, 0.1) is 5.56 Å². The van der Waals surface area contributed by atoms with Gasteiger partial charge < -0.3 is 0 Å². The summed E-state index contributed by atoms with van der Waals surface area (Å²) in [4.78, 5) is 0. The summed E-state index contributed by atoms with van der Waals surface area (Å²) in [5.74, 6) is 0.0613. The Bertz CT molecular complexity index is 680. The third-order valence-corrected chi connectivity index (χ3v) is 4.19. The first-order valence-electron chi connectivity index (χ1n) is 6.95. The molecule has 20 heavy (non-hydrogen) atoms. The topological polar surface area (TPSA) is 23.8 Å². The molecule has 0 heterocycles. The molecule has 0 aliphatic heterocycles. The summed E-state index contributed by atoms with van der Waals surface area (Å²) in [6.07, 6.45) is 2.84. The van der Waals surface area contributed by atoms with Gasteiger partial charge in [-0.2, -0.15) is 5.26 Å². The molecule has 0 bridgehead atoms. The van der Waals surface area contributed by atoms with E-state index in [0.29, 0.717) is 5.92 Å². The Hall–Kier alpha value is -2.14. The molecule has 0 amide bonds. The van der Waals surface area contributed by atoms with Crippen molar-refractivity contribution in [3.05, 3.63) is 70.0 Å². The van der Waals surface area contributed by atoms with Crippen LogP contribution in [0.2, 0.25) is 0 Å². The SMILES string of the molecule is Cc1ccc(C2CCc3cc(C#N)c(F)cc3C2)cc1. The van der Waals surface area contributed by atoms with Gasteiger partial charge in [0.25, 0.3) is 0 Å². The van der Waals surface area contributed by atoms with Crippen molar-refractivity contribution in [2.45, 2.75) is 32.1 Å². The summed E-state index contributed by atoms with van der Waals surface area (Å²) in [7, 11) is 0. The van der Waals surface area contributed by atoms with E-state index in [-0.39, 0.29) is 5.56 Å². The molecule has 1 aliphatic rings. The van der Waals surface area contributed by atoms with Gasteiger partial charge in [-0.15, -0.1) is 0 Å². The molecule has 2 heteroatoms. The number of rotatable bonds is 1. The molecule has 1 unspecified atom stereocenters. The van der Waals surface area contributed by atoms with Gasteiger partial charge in [0.1, 0.15) is 11.9 Å². The minimum absolute atomic E-state index is 0.164. The van der Waals surface area contributed by atoms with E-state index in [4.69, 9.17) is 5.26 Å². The van der Waals surface area contributed by atoms with Crippen LogP contribution in [0.25, 0.3) is 0 Å². The van der Waals surface area contributed by atoms with Gasteiger partial charge in [0.15, 0.2) is 0 Å². The Morgan fingerprint density at radius 1 is 1.15 bits per heavy atom. The zero-order chi connectivity index (χ0) is 14.1. The number of halogens is 1. The lowest BCUT2D eigenvalue weighted by atomic mass is 9.79.